The van der Waals surface area contributed by atoms with Crippen LogP contribution in [0.1, 0.15) is 72.9 Å². The molecular weight excluding hydrogens is 312 g/mol. The average molecular weight is 338 g/mol. The molecule has 0 saturated heterocycles. The highest BCUT2D eigenvalue weighted by molar-refractivity contribution is 7.90. The van der Waals surface area contributed by atoms with Gasteiger partial charge in [0.15, 0.2) is 9.84 Å². The van der Waals surface area contributed by atoms with Crippen LogP contribution in [0.4, 0.5) is 0 Å². The molecular formula is C18H26O4S. The summed E-state index contributed by atoms with van der Waals surface area (Å²) in [5.74, 6) is -0.190. The van der Waals surface area contributed by atoms with Crippen molar-refractivity contribution < 1.29 is 17.9 Å². The van der Waals surface area contributed by atoms with Gasteiger partial charge in [0, 0.05) is 6.26 Å². The molecule has 0 aliphatic heterocycles. The van der Waals surface area contributed by atoms with E-state index in [4.69, 9.17) is 4.74 Å². The highest BCUT2D eigenvalue weighted by Gasteiger charge is 2.28. The minimum absolute atomic E-state index is 0.274. The van der Waals surface area contributed by atoms with Crippen molar-refractivity contribution in [3.05, 3.63) is 28.8 Å². The third-order valence-electron chi connectivity index (χ3n) is 4.61. The lowest BCUT2D eigenvalue weighted by atomic mass is 9.82. The summed E-state index contributed by atoms with van der Waals surface area (Å²) in [4.78, 5) is 12.4. The van der Waals surface area contributed by atoms with E-state index in [0.717, 1.165) is 37.7 Å². The number of carbonyl (C=O) groups is 1. The van der Waals surface area contributed by atoms with Crippen LogP contribution in [0.2, 0.25) is 0 Å². The largest absolute Gasteiger partial charge is 0.465 e. The van der Waals surface area contributed by atoms with Crippen LogP contribution in [0.15, 0.2) is 17.0 Å². The van der Waals surface area contributed by atoms with E-state index in [1.807, 2.05) is 13.0 Å². The topological polar surface area (TPSA) is 60.4 Å². The molecule has 0 heterocycles. The van der Waals surface area contributed by atoms with E-state index in [1.54, 1.807) is 6.07 Å². The van der Waals surface area contributed by atoms with Crippen molar-refractivity contribution in [3.63, 3.8) is 0 Å². The molecule has 23 heavy (non-hydrogen) atoms. The summed E-state index contributed by atoms with van der Waals surface area (Å²) in [5.41, 5.74) is 1.91. The summed E-state index contributed by atoms with van der Waals surface area (Å²) >= 11 is 0. The quantitative estimate of drug-likeness (QED) is 0.765. The lowest BCUT2D eigenvalue weighted by molar-refractivity contribution is 0.0599. The van der Waals surface area contributed by atoms with Crippen LogP contribution in [-0.2, 0) is 21.0 Å². The number of sulfone groups is 1. The van der Waals surface area contributed by atoms with Crippen molar-refractivity contribution in [3.8, 4) is 0 Å². The first-order valence-corrected chi connectivity index (χ1v) is 10.2. The van der Waals surface area contributed by atoms with Gasteiger partial charge in [-0.15, -0.1) is 0 Å². The second-order valence-corrected chi connectivity index (χ2v) is 8.31. The average Bonchev–Trinajstić information content (AvgIpc) is 2.53. The molecule has 128 valence electrons. The number of rotatable bonds is 5. The van der Waals surface area contributed by atoms with Crippen molar-refractivity contribution in [2.75, 3.05) is 13.4 Å². The van der Waals surface area contributed by atoms with Crippen LogP contribution in [0, 0.1) is 0 Å². The van der Waals surface area contributed by atoms with Crippen LogP contribution < -0.4 is 0 Å². The molecule has 0 atom stereocenters. The summed E-state index contributed by atoms with van der Waals surface area (Å²) < 4.78 is 29.8. The Morgan fingerprint density at radius 2 is 1.87 bits per heavy atom. The highest BCUT2D eigenvalue weighted by Crippen LogP contribution is 2.38. The van der Waals surface area contributed by atoms with Crippen LogP contribution in [-0.4, -0.2) is 27.8 Å². The number of hydrogen-bond acceptors (Lipinski definition) is 4. The number of carbonyl (C=O) groups excluding carboxylic acids is 1. The molecule has 0 aromatic heterocycles. The molecule has 2 rings (SSSR count). The SMILES string of the molecule is CCCc1c(C(=O)OC)ccc(C2CCCCC2)c1S(C)(=O)=O. The van der Waals surface area contributed by atoms with Gasteiger partial charge in [-0.05, 0) is 42.4 Å². The minimum atomic E-state index is -3.41. The predicted molar refractivity (Wildman–Crippen MR) is 90.7 cm³/mol. The van der Waals surface area contributed by atoms with Gasteiger partial charge in [-0.2, -0.15) is 0 Å². The van der Waals surface area contributed by atoms with Crippen LogP contribution in [0.25, 0.3) is 0 Å². The molecule has 4 nitrogen and oxygen atoms in total. The maximum atomic E-state index is 12.5. The molecule has 0 N–H and O–H groups in total. The van der Waals surface area contributed by atoms with Crippen molar-refractivity contribution in [1.29, 1.82) is 0 Å². The van der Waals surface area contributed by atoms with Gasteiger partial charge in [-0.1, -0.05) is 38.7 Å². The van der Waals surface area contributed by atoms with Crippen LogP contribution >= 0.6 is 0 Å². The maximum Gasteiger partial charge on any atom is 0.338 e. The standard InChI is InChI=1S/C18H26O4S/c1-4-8-15-16(18(19)22-2)12-11-14(17(15)23(3,20)21)13-9-6-5-7-10-13/h11-13H,4-10H2,1-3H3. The highest BCUT2D eigenvalue weighted by atomic mass is 32.2. The molecule has 0 bridgehead atoms. The Labute approximate surface area is 139 Å². The first-order chi connectivity index (χ1) is 10.9. The Morgan fingerprint density at radius 1 is 1.22 bits per heavy atom. The Morgan fingerprint density at radius 3 is 2.39 bits per heavy atom. The molecule has 1 aromatic carbocycles. The third-order valence-corrected chi connectivity index (χ3v) is 5.84. The zero-order valence-corrected chi connectivity index (χ0v) is 15.0. The molecule has 1 aliphatic rings. The summed E-state index contributed by atoms with van der Waals surface area (Å²) in [6.45, 7) is 1.99. The second-order valence-electron chi connectivity index (χ2n) is 6.36. The van der Waals surface area contributed by atoms with Gasteiger partial charge in [-0.3, -0.25) is 0 Å². The summed E-state index contributed by atoms with van der Waals surface area (Å²) in [6, 6.07) is 3.58. The number of esters is 1. The van der Waals surface area contributed by atoms with Crippen molar-refractivity contribution >= 4 is 15.8 Å². The fraction of sp³-hybridized carbons (Fsp3) is 0.611. The van der Waals surface area contributed by atoms with Crippen molar-refractivity contribution in [2.24, 2.45) is 0 Å². The Hall–Kier alpha value is -1.36. The summed E-state index contributed by atoms with van der Waals surface area (Å²) in [6.07, 6.45) is 8.11. The molecule has 1 aliphatic carbocycles. The minimum Gasteiger partial charge on any atom is -0.465 e. The third kappa shape index (κ3) is 3.94. The lowest BCUT2D eigenvalue weighted by Gasteiger charge is -2.26. The molecule has 1 fully saturated rings. The number of methoxy groups -OCH3 is 1. The Balaban J connectivity index is 2.67. The number of ether oxygens (including phenoxy) is 1. The maximum absolute atomic E-state index is 12.5. The first-order valence-electron chi connectivity index (χ1n) is 8.34. The Kier molecular flexibility index (Phi) is 5.84. The molecule has 1 saturated carbocycles. The van der Waals surface area contributed by atoms with Gasteiger partial charge < -0.3 is 4.74 Å². The van der Waals surface area contributed by atoms with E-state index in [-0.39, 0.29) is 5.92 Å². The van der Waals surface area contributed by atoms with Crippen molar-refractivity contribution in [2.45, 2.75) is 62.7 Å². The number of hydrogen-bond donors (Lipinski definition) is 0. The number of benzene rings is 1. The zero-order valence-electron chi connectivity index (χ0n) is 14.2. The second kappa shape index (κ2) is 7.47. The summed E-state index contributed by atoms with van der Waals surface area (Å²) in [5, 5.41) is 0. The van der Waals surface area contributed by atoms with E-state index in [9.17, 15) is 13.2 Å². The summed E-state index contributed by atoms with van der Waals surface area (Å²) in [7, 11) is -2.08. The molecule has 0 radical (unpaired) electrons. The van der Waals surface area contributed by atoms with Crippen LogP contribution in [0.5, 0.6) is 0 Å². The van der Waals surface area contributed by atoms with Gasteiger partial charge in [0.2, 0.25) is 0 Å². The predicted octanol–water partition coefficient (Wildman–Crippen LogP) is 3.88. The fourth-order valence-electron chi connectivity index (χ4n) is 3.62. The molecule has 5 heteroatoms. The van der Waals surface area contributed by atoms with Gasteiger partial charge in [0.1, 0.15) is 0 Å². The van der Waals surface area contributed by atoms with Gasteiger partial charge >= 0.3 is 5.97 Å². The van der Waals surface area contributed by atoms with E-state index in [1.165, 1.54) is 19.8 Å². The normalized spacial score (nSPS) is 16.3. The van der Waals surface area contributed by atoms with Crippen LogP contribution in [0.3, 0.4) is 0 Å². The van der Waals surface area contributed by atoms with E-state index < -0.39 is 15.8 Å². The van der Waals surface area contributed by atoms with E-state index >= 15 is 0 Å². The molecule has 0 amide bonds. The molecule has 0 unspecified atom stereocenters. The smallest absolute Gasteiger partial charge is 0.338 e. The van der Waals surface area contributed by atoms with E-state index in [0.29, 0.717) is 22.4 Å². The first kappa shape index (κ1) is 18.0. The van der Waals surface area contributed by atoms with E-state index in [2.05, 4.69) is 0 Å². The molecule has 0 spiro atoms. The Bertz CT molecular complexity index is 671. The van der Waals surface area contributed by atoms with Crippen molar-refractivity contribution in [1.82, 2.24) is 0 Å². The van der Waals surface area contributed by atoms with Gasteiger partial charge in [0.05, 0.1) is 17.6 Å². The van der Waals surface area contributed by atoms with Gasteiger partial charge in [0.25, 0.3) is 0 Å². The zero-order chi connectivity index (χ0) is 17.0. The molecule has 1 aromatic rings. The van der Waals surface area contributed by atoms with Gasteiger partial charge in [-0.25, -0.2) is 13.2 Å². The lowest BCUT2D eigenvalue weighted by Crippen LogP contribution is -2.16. The fourth-order valence-corrected chi connectivity index (χ4v) is 4.94. The monoisotopic (exact) mass is 338 g/mol.